The summed E-state index contributed by atoms with van der Waals surface area (Å²) >= 11 is 1.57. The number of benzene rings is 3. The summed E-state index contributed by atoms with van der Waals surface area (Å²) in [6.45, 7) is 3.43. The highest BCUT2D eigenvalue weighted by molar-refractivity contribution is 7.22. The Morgan fingerprint density at radius 3 is 2.26 bits per heavy atom. The Labute approximate surface area is 193 Å². The van der Waals surface area contributed by atoms with Gasteiger partial charge in [0, 0.05) is 18.7 Å². The van der Waals surface area contributed by atoms with Crippen molar-refractivity contribution in [3.05, 3.63) is 83.9 Å². The molecule has 1 aromatic heterocycles. The molecule has 4 nitrogen and oxygen atoms in total. The van der Waals surface area contributed by atoms with E-state index in [9.17, 15) is 4.79 Å². The molecule has 0 aliphatic carbocycles. The van der Waals surface area contributed by atoms with E-state index < -0.39 is 0 Å². The molecule has 0 atom stereocenters. The maximum absolute atomic E-state index is 13.4. The zero-order valence-electron chi connectivity index (χ0n) is 17.9. The fourth-order valence-corrected chi connectivity index (χ4v) is 4.40. The molecular weight excluding hydrogens is 426 g/mol. The summed E-state index contributed by atoms with van der Waals surface area (Å²) in [5.41, 5.74) is 5.04. The van der Waals surface area contributed by atoms with Crippen molar-refractivity contribution in [3.8, 4) is 11.1 Å². The Bertz CT molecular complexity index is 1160. The first-order chi connectivity index (χ1) is 14.5. The second-order valence-corrected chi connectivity index (χ2v) is 8.68. The number of amides is 1. The van der Waals surface area contributed by atoms with Crippen molar-refractivity contribution in [2.45, 2.75) is 6.92 Å². The molecule has 1 amide bonds. The van der Waals surface area contributed by atoms with Crippen LogP contribution in [0.15, 0.2) is 72.8 Å². The standard InChI is InChI=1S/C25H25N3OS.ClH/c1-18-9-14-22-23(17-18)30-25(26-22)28(16-15-27(2)3)24(29)21-12-10-20(11-13-21)19-7-5-4-6-8-19;/h4-14,17H,15-16H2,1-3H3;1H. The molecule has 0 saturated heterocycles. The van der Waals surface area contributed by atoms with Crippen molar-refractivity contribution in [2.75, 3.05) is 32.1 Å². The summed E-state index contributed by atoms with van der Waals surface area (Å²) in [5, 5.41) is 0.745. The van der Waals surface area contributed by atoms with Crippen molar-refractivity contribution in [3.63, 3.8) is 0 Å². The third kappa shape index (κ3) is 5.31. The SMILES string of the molecule is Cc1ccc2nc(N(CCN(C)C)C(=O)c3ccc(-c4ccccc4)cc3)sc2c1.Cl. The number of anilines is 1. The third-order valence-corrected chi connectivity index (χ3v) is 6.06. The van der Waals surface area contributed by atoms with Gasteiger partial charge in [0.1, 0.15) is 0 Å². The number of aryl methyl sites for hydroxylation is 1. The largest absolute Gasteiger partial charge is 0.308 e. The first-order valence-corrected chi connectivity index (χ1v) is 10.8. The van der Waals surface area contributed by atoms with Gasteiger partial charge in [-0.25, -0.2) is 4.98 Å². The lowest BCUT2D eigenvalue weighted by atomic mass is 10.0. The van der Waals surface area contributed by atoms with E-state index in [1.807, 2.05) is 62.6 Å². The van der Waals surface area contributed by atoms with Crippen LogP contribution in [0.25, 0.3) is 21.3 Å². The molecule has 0 bridgehead atoms. The Balaban J connectivity index is 0.00000272. The second kappa shape index (κ2) is 10.1. The molecule has 0 N–H and O–H groups in total. The monoisotopic (exact) mass is 451 g/mol. The summed E-state index contributed by atoms with van der Waals surface area (Å²) in [6.07, 6.45) is 0. The van der Waals surface area contributed by atoms with Crippen molar-refractivity contribution in [1.82, 2.24) is 9.88 Å². The van der Waals surface area contributed by atoms with E-state index in [1.54, 1.807) is 16.2 Å². The molecule has 0 radical (unpaired) electrons. The van der Waals surface area contributed by atoms with Crippen molar-refractivity contribution in [2.24, 2.45) is 0 Å². The Morgan fingerprint density at radius 1 is 0.903 bits per heavy atom. The summed E-state index contributed by atoms with van der Waals surface area (Å²) in [5.74, 6) is -0.0211. The number of carbonyl (C=O) groups excluding carboxylic acids is 1. The van der Waals surface area contributed by atoms with Gasteiger partial charge in [0.15, 0.2) is 5.13 Å². The lowest BCUT2D eigenvalue weighted by Gasteiger charge is -2.22. The summed E-state index contributed by atoms with van der Waals surface area (Å²) in [4.78, 5) is 22.1. The number of fused-ring (bicyclic) bond motifs is 1. The van der Waals surface area contributed by atoms with E-state index in [1.165, 1.54) is 5.56 Å². The van der Waals surface area contributed by atoms with Crippen LogP contribution in [0.2, 0.25) is 0 Å². The molecular formula is C25H26ClN3OS. The van der Waals surface area contributed by atoms with Gasteiger partial charge in [-0.1, -0.05) is 59.9 Å². The molecule has 0 saturated carbocycles. The van der Waals surface area contributed by atoms with E-state index in [-0.39, 0.29) is 18.3 Å². The molecule has 0 spiro atoms. The fourth-order valence-electron chi connectivity index (χ4n) is 3.31. The number of halogens is 1. The number of carbonyl (C=O) groups is 1. The quantitative estimate of drug-likeness (QED) is 0.366. The summed E-state index contributed by atoms with van der Waals surface area (Å²) < 4.78 is 1.10. The molecule has 31 heavy (non-hydrogen) atoms. The molecule has 3 aromatic carbocycles. The lowest BCUT2D eigenvalue weighted by molar-refractivity contribution is 0.0985. The highest BCUT2D eigenvalue weighted by Crippen LogP contribution is 2.30. The fraction of sp³-hybridized carbons (Fsp3) is 0.200. The van der Waals surface area contributed by atoms with E-state index >= 15 is 0 Å². The van der Waals surface area contributed by atoms with Gasteiger partial charge >= 0.3 is 0 Å². The first kappa shape index (κ1) is 22.9. The van der Waals surface area contributed by atoms with Crippen LogP contribution < -0.4 is 4.90 Å². The number of hydrogen-bond donors (Lipinski definition) is 0. The van der Waals surface area contributed by atoms with Gasteiger partial charge in [0.25, 0.3) is 5.91 Å². The van der Waals surface area contributed by atoms with Gasteiger partial charge < -0.3 is 4.90 Å². The third-order valence-electron chi connectivity index (χ3n) is 5.02. The van der Waals surface area contributed by atoms with Gasteiger partial charge in [-0.3, -0.25) is 9.69 Å². The Morgan fingerprint density at radius 2 is 1.58 bits per heavy atom. The molecule has 160 valence electrons. The van der Waals surface area contributed by atoms with Crippen LogP contribution in [-0.4, -0.2) is 43.0 Å². The minimum Gasteiger partial charge on any atom is -0.308 e. The molecule has 0 aliphatic rings. The average molecular weight is 452 g/mol. The molecule has 1 heterocycles. The van der Waals surface area contributed by atoms with Crippen molar-refractivity contribution < 1.29 is 4.79 Å². The predicted molar refractivity (Wildman–Crippen MR) is 134 cm³/mol. The number of nitrogens with zero attached hydrogens (tertiary/aromatic N) is 3. The van der Waals surface area contributed by atoms with Crippen LogP contribution in [0.1, 0.15) is 15.9 Å². The first-order valence-electron chi connectivity index (χ1n) is 10.0. The van der Waals surface area contributed by atoms with Crippen LogP contribution in [0.4, 0.5) is 5.13 Å². The number of thiazole rings is 1. The van der Waals surface area contributed by atoms with Crippen molar-refractivity contribution >= 4 is 45.0 Å². The zero-order chi connectivity index (χ0) is 21.1. The maximum Gasteiger partial charge on any atom is 0.260 e. The molecule has 4 aromatic rings. The van der Waals surface area contributed by atoms with Gasteiger partial charge in [0.2, 0.25) is 0 Å². The van der Waals surface area contributed by atoms with Gasteiger partial charge in [0.05, 0.1) is 10.2 Å². The van der Waals surface area contributed by atoms with E-state index in [2.05, 4.69) is 36.1 Å². The summed E-state index contributed by atoms with van der Waals surface area (Å²) in [6, 6.07) is 24.2. The number of likely N-dealkylation sites (N-methyl/N-ethyl adjacent to an activating group) is 1. The number of hydrogen-bond acceptors (Lipinski definition) is 4. The van der Waals surface area contributed by atoms with Gasteiger partial charge in [-0.2, -0.15) is 0 Å². The second-order valence-electron chi connectivity index (χ2n) is 7.67. The van der Waals surface area contributed by atoms with Crippen molar-refractivity contribution in [1.29, 1.82) is 0 Å². The van der Waals surface area contributed by atoms with E-state index in [0.29, 0.717) is 12.1 Å². The lowest BCUT2D eigenvalue weighted by Crippen LogP contribution is -2.36. The van der Waals surface area contributed by atoms with Crippen LogP contribution in [0.3, 0.4) is 0 Å². The smallest absolute Gasteiger partial charge is 0.260 e. The molecule has 0 aliphatic heterocycles. The minimum absolute atomic E-state index is 0. The molecule has 0 fully saturated rings. The minimum atomic E-state index is -0.0211. The van der Waals surface area contributed by atoms with Crippen LogP contribution in [0.5, 0.6) is 0 Å². The number of rotatable bonds is 6. The highest BCUT2D eigenvalue weighted by atomic mass is 35.5. The average Bonchev–Trinajstić information content (AvgIpc) is 3.17. The van der Waals surface area contributed by atoms with Gasteiger partial charge in [-0.15, -0.1) is 12.4 Å². The number of aromatic nitrogens is 1. The summed E-state index contributed by atoms with van der Waals surface area (Å²) in [7, 11) is 4.03. The van der Waals surface area contributed by atoms with E-state index in [0.717, 1.165) is 33.0 Å². The predicted octanol–water partition coefficient (Wildman–Crippen LogP) is 5.90. The van der Waals surface area contributed by atoms with Crippen LogP contribution >= 0.6 is 23.7 Å². The Hall–Kier alpha value is -2.73. The van der Waals surface area contributed by atoms with Crippen LogP contribution in [0, 0.1) is 6.92 Å². The topological polar surface area (TPSA) is 36.4 Å². The molecule has 0 unspecified atom stereocenters. The maximum atomic E-state index is 13.4. The van der Waals surface area contributed by atoms with Gasteiger partial charge in [-0.05, 0) is 62.0 Å². The van der Waals surface area contributed by atoms with E-state index in [4.69, 9.17) is 4.98 Å². The molecule has 6 heteroatoms. The van der Waals surface area contributed by atoms with Crippen LogP contribution in [-0.2, 0) is 0 Å². The Kier molecular flexibility index (Phi) is 7.44. The normalized spacial score (nSPS) is 10.8. The molecule has 4 rings (SSSR count). The zero-order valence-corrected chi connectivity index (χ0v) is 19.5. The highest BCUT2D eigenvalue weighted by Gasteiger charge is 2.21.